The van der Waals surface area contributed by atoms with Crippen molar-refractivity contribution in [2.75, 3.05) is 37.8 Å². The molecule has 2 aliphatic carbocycles. The third-order valence-electron chi connectivity index (χ3n) is 10.9. The van der Waals surface area contributed by atoms with Crippen LogP contribution in [0.5, 0.6) is 5.75 Å². The maximum Gasteiger partial charge on any atom is 0.335 e. The van der Waals surface area contributed by atoms with Gasteiger partial charge in [-0.2, -0.15) is 0 Å². The summed E-state index contributed by atoms with van der Waals surface area (Å²) < 4.78 is 45.0. The molecule has 2 aliphatic heterocycles. The fraction of sp³-hybridized carbons (Fsp3) is 0.528. The van der Waals surface area contributed by atoms with Crippen molar-refractivity contribution in [1.82, 2.24) is 9.97 Å². The van der Waals surface area contributed by atoms with Crippen LogP contribution >= 0.6 is 11.6 Å². The predicted octanol–water partition coefficient (Wildman–Crippen LogP) is 5.75. The molecule has 0 amide bonds. The van der Waals surface area contributed by atoms with Gasteiger partial charge in [0.05, 0.1) is 41.9 Å². The zero-order valence-electron chi connectivity index (χ0n) is 27.1. The first-order valence-corrected chi connectivity index (χ1v) is 18.8. The highest BCUT2D eigenvalue weighted by molar-refractivity contribution is 7.91. The van der Waals surface area contributed by atoms with E-state index in [0.29, 0.717) is 43.6 Å². The summed E-state index contributed by atoms with van der Waals surface area (Å²) in [6.45, 7) is 4.25. The Labute approximate surface area is 286 Å². The number of sulfone groups is 1. The third-order valence-corrected chi connectivity index (χ3v) is 13.0. The van der Waals surface area contributed by atoms with Gasteiger partial charge in [-0.05, 0) is 105 Å². The molecule has 0 radical (unpaired) electrons. The number of benzene rings is 2. The summed E-state index contributed by atoms with van der Waals surface area (Å²) in [7, 11) is -3.69. The maximum atomic E-state index is 12.9. The van der Waals surface area contributed by atoms with Crippen LogP contribution in [0.4, 0.5) is 5.69 Å². The molecular formula is C36H42ClN3O7S. The lowest BCUT2D eigenvalue weighted by atomic mass is 9.67. The number of anilines is 1. The maximum absolute atomic E-state index is 12.9. The summed E-state index contributed by atoms with van der Waals surface area (Å²) in [5.74, 6) is 0.407. The van der Waals surface area contributed by atoms with Crippen molar-refractivity contribution in [3.63, 3.8) is 0 Å². The highest BCUT2D eigenvalue weighted by atomic mass is 35.5. The van der Waals surface area contributed by atoms with Crippen molar-refractivity contribution < 1.29 is 32.5 Å². The molecule has 1 N–H and O–H groups in total. The number of nitrogens with zero attached hydrogens (tertiary/aromatic N) is 3. The second-order valence-corrected chi connectivity index (χ2v) is 16.6. The van der Waals surface area contributed by atoms with Crippen LogP contribution < -0.4 is 9.64 Å². The summed E-state index contributed by atoms with van der Waals surface area (Å²) in [6, 6.07) is 13.0. The van der Waals surface area contributed by atoms with Crippen molar-refractivity contribution in [2.45, 2.75) is 79.9 Å². The average molecular weight is 696 g/mol. The number of carbonyl (C=O) groups is 1. The number of hydrogen-bond donors (Lipinski definition) is 1. The summed E-state index contributed by atoms with van der Waals surface area (Å²) in [6.07, 6.45) is 9.25. The van der Waals surface area contributed by atoms with Crippen molar-refractivity contribution >= 4 is 33.1 Å². The molecule has 1 aromatic heterocycles. The van der Waals surface area contributed by atoms with Gasteiger partial charge < -0.3 is 24.2 Å². The van der Waals surface area contributed by atoms with E-state index in [9.17, 15) is 18.3 Å². The number of rotatable bonds is 9. The minimum absolute atomic E-state index is 0.00595. The minimum atomic E-state index is -3.69. The summed E-state index contributed by atoms with van der Waals surface area (Å²) in [5, 5.41) is 9.64. The summed E-state index contributed by atoms with van der Waals surface area (Å²) >= 11 is 6.41. The molecule has 4 aliphatic rings. The lowest BCUT2D eigenvalue weighted by molar-refractivity contribution is -0.116. The normalized spacial score (nSPS) is 27.6. The lowest BCUT2D eigenvalue weighted by Gasteiger charge is -2.47. The van der Waals surface area contributed by atoms with Crippen molar-refractivity contribution in [3.05, 3.63) is 76.6 Å². The number of hydrogen-bond acceptors (Lipinski definition) is 9. The molecule has 1 saturated heterocycles. The van der Waals surface area contributed by atoms with Gasteiger partial charge in [-0.1, -0.05) is 17.7 Å². The fourth-order valence-corrected chi connectivity index (χ4v) is 9.29. The molecule has 2 fully saturated rings. The van der Waals surface area contributed by atoms with E-state index >= 15 is 0 Å². The number of aryl methyl sites for hydroxylation is 1. The van der Waals surface area contributed by atoms with Gasteiger partial charge in [0.15, 0.2) is 0 Å². The quantitative estimate of drug-likeness (QED) is 0.276. The molecule has 7 rings (SSSR count). The number of aromatic nitrogens is 2. The smallest absolute Gasteiger partial charge is 0.335 e. The molecule has 12 heteroatoms. The molecule has 3 aromatic rings. The van der Waals surface area contributed by atoms with Crippen LogP contribution in [0, 0.1) is 11.8 Å². The number of fused-ring (bicyclic) bond motifs is 3. The van der Waals surface area contributed by atoms with E-state index in [0.717, 1.165) is 55.9 Å². The topological polar surface area (TPSA) is 128 Å². The van der Waals surface area contributed by atoms with E-state index in [-0.39, 0.29) is 34.9 Å². The number of carboxylic acid groups (broad SMARTS) is 1. The van der Waals surface area contributed by atoms with Gasteiger partial charge >= 0.3 is 5.97 Å². The van der Waals surface area contributed by atoms with Gasteiger partial charge in [0.2, 0.25) is 15.0 Å². The van der Waals surface area contributed by atoms with E-state index in [2.05, 4.69) is 27.0 Å². The van der Waals surface area contributed by atoms with Gasteiger partial charge in [-0.15, -0.1) is 0 Å². The first-order valence-electron chi connectivity index (χ1n) is 16.9. The molecule has 256 valence electrons. The Balaban J connectivity index is 1.07. The number of ether oxygens (including phenoxy) is 3. The first-order chi connectivity index (χ1) is 23.1. The zero-order valence-corrected chi connectivity index (χ0v) is 28.7. The van der Waals surface area contributed by atoms with Crippen LogP contribution in [0.1, 0.15) is 66.9 Å². The SMILES string of the molecule is CC(CO[C@H]1CCO[C@H]([C@@H]2CC[C@H]2CN2CC3(CCCc4cc(Cl)ccc43)COc3ccc(C(=O)O)cc32)C1)S(=O)(=O)c1ncccn1. The Kier molecular flexibility index (Phi) is 9.40. The van der Waals surface area contributed by atoms with E-state index in [4.69, 9.17) is 25.8 Å². The number of halogens is 1. The van der Waals surface area contributed by atoms with Gasteiger partial charge in [-0.3, -0.25) is 0 Å². The summed E-state index contributed by atoms with van der Waals surface area (Å²) in [5.41, 5.74) is 3.34. The molecule has 0 bridgehead atoms. The Hall–Kier alpha value is -3.25. The van der Waals surface area contributed by atoms with E-state index < -0.39 is 21.1 Å². The van der Waals surface area contributed by atoms with Crippen LogP contribution in [-0.2, 0) is 31.1 Å². The molecule has 48 heavy (non-hydrogen) atoms. The van der Waals surface area contributed by atoms with Gasteiger partial charge in [0, 0.05) is 48.9 Å². The largest absolute Gasteiger partial charge is 0.490 e. The number of carboxylic acids is 1. The molecule has 3 heterocycles. The standard InChI is InChI=1S/C36H42ClN3O7S/c1-23(48(43,44)35-38-13-3-14-39-35)20-46-28-11-15-45-33(18-28)29-8-5-26(29)19-40-21-36(12-2-4-24-16-27(37)7-9-30(24)36)22-47-32-10-6-25(34(41)42)17-31(32)40/h3,6-7,9-10,13-14,16-17,23,26,28-29,33H,2,4-5,8,11-12,15,18-22H2,1H3,(H,41,42)/t23?,26-,28-,29+,33-,36?/m0/s1. The highest BCUT2D eigenvalue weighted by Gasteiger charge is 2.45. The first kappa shape index (κ1) is 33.3. The van der Waals surface area contributed by atoms with Crippen LogP contribution in [0.3, 0.4) is 0 Å². The van der Waals surface area contributed by atoms with Crippen LogP contribution in [0.2, 0.25) is 5.02 Å². The Morgan fingerprint density at radius 1 is 1.17 bits per heavy atom. The van der Waals surface area contributed by atoms with Crippen LogP contribution in [-0.4, -0.2) is 79.8 Å². The van der Waals surface area contributed by atoms with Gasteiger partial charge in [-0.25, -0.2) is 23.2 Å². The van der Waals surface area contributed by atoms with Gasteiger partial charge in [0.25, 0.3) is 0 Å². The fourth-order valence-electron chi connectivity index (χ4n) is 8.06. The molecule has 2 aromatic carbocycles. The molecular weight excluding hydrogens is 654 g/mol. The van der Waals surface area contributed by atoms with Crippen molar-refractivity contribution in [1.29, 1.82) is 0 Å². The average Bonchev–Trinajstić information content (AvgIpc) is 3.22. The lowest BCUT2D eigenvalue weighted by Crippen LogP contribution is -2.51. The highest BCUT2D eigenvalue weighted by Crippen LogP contribution is 2.47. The van der Waals surface area contributed by atoms with E-state index in [1.807, 2.05) is 6.07 Å². The molecule has 2 unspecified atom stereocenters. The third kappa shape index (κ3) is 6.54. The van der Waals surface area contributed by atoms with Crippen LogP contribution in [0.25, 0.3) is 0 Å². The molecule has 6 atom stereocenters. The van der Waals surface area contributed by atoms with Gasteiger partial charge in [0.1, 0.15) is 5.75 Å². The minimum Gasteiger partial charge on any atom is -0.490 e. The monoisotopic (exact) mass is 695 g/mol. The van der Waals surface area contributed by atoms with Crippen molar-refractivity contribution in [3.8, 4) is 5.75 Å². The Morgan fingerprint density at radius 2 is 2.00 bits per heavy atom. The summed E-state index contributed by atoms with van der Waals surface area (Å²) in [4.78, 5) is 22.3. The second-order valence-electron chi connectivity index (χ2n) is 13.9. The molecule has 10 nitrogen and oxygen atoms in total. The number of aromatic carboxylic acids is 1. The molecule has 1 spiro atoms. The zero-order chi connectivity index (χ0) is 33.5. The Bertz CT molecular complexity index is 1760. The van der Waals surface area contributed by atoms with Crippen molar-refractivity contribution in [2.24, 2.45) is 11.8 Å². The van der Waals surface area contributed by atoms with Crippen LogP contribution in [0.15, 0.2) is 60.0 Å². The van der Waals surface area contributed by atoms with E-state index in [1.54, 1.807) is 31.2 Å². The molecule has 1 saturated carbocycles. The predicted molar refractivity (Wildman–Crippen MR) is 181 cm³/mol. The second kappa shape index (κ2) is 13.6. The Morgan fingerprint density at radius 3 is 2.77 bits per heavy atom. The van der Waals surface area contributed by atoms with E-state index in [1.165, 1.54) is 23.5 Å².